The van der Waals surface area contributed by atoms with Gasteiger partial charge in [-0.2, -0.15) is 18.2 Å². The summed E-state index contributed by atoms with van der Waals surface area (Å²) in [6, 6.07) is 9.16. The molecule has 0 radical (unpaired) electrons. The number of carbonyl (C=O) groups excluding carboxylic acids is 2. The average molecular weight is 581 g/mol. The van der Waals surface area contributed by atoms with E-state index in [2.05, 4.69) is 40.9 Å². The van der Waals surface area contributed by atoms with Gasteiger partial charge in [0, 0.05) is 55.8 Å². The van der Waals surface area contributed by atoms with Crippen LogP contribution in [0.4, 0.5) is 36.4 Å². The van der Waals surface area contributed by atoms with Gasteiger partial charge in [-0.15, -0.1) is 0 Å². The first-order valence-corrected chi connectivity index (χ1v) is 13.6. The highest BCUT2D eigenvalue weighted by Crippen LogP contribution is 2.34. The molecule has 0 fully saturated rings. The van der Waals surface area contributed by atoms with Gasteiger partial charge in [0.1, 0.15) is 17.2 Å². The Hall–Kier alpha value is -4.47. The number of nitrogens with zero attached hydrogens (tertiary/aromatic N) is 3. The van der Waals surface area contributed by atoms with Crippen molar-refractivity contribution >= 4 is 45.1 Å². The summed E-state index contributed by atoms with van der Waals surface area (Å²) in [6.07, 6.45) is -2.82. The van der Waals surface area contributed by atoms with Crippen LogP contribution in [-0.4, -0.2) is 54.0 Å². The van der Waals surface area contributed by atoms with Gasteiger partial charge >= 0.3 is 6.18 Å². The molecule has 0 spiro atoms. The van der Waals surface area contributed by atoms with Crippen LogP contribution in [0.25, 0.3) is 0 Å². The Balaban J connectivity index is 1.79. The summed E-state index contributed by atoms with van der Waals surface area (Å²) in [5.41, 5.74) is -0.247. The van der Waals surface area contributed by atoms with Gasteiger partial charge in [-0.05, 0) is 31.2 Å². The van der Waals surface area contributed by atoms with Crippen LogP contribution in [0.3, 0.4) is 0 Å². The van der Waals surface area contributed by atoms with Crippen molar-refractivity contribution in [3.05, 3.63) is 65.5 Å². The molecular weight excluding hydrogens is 553 g/mol. The minimum atomic E-state index is -4.78. The predicted octanol–water partition coefficient (Wildman–Crippen LogP) is 2.87. The second-order valence-electron chi connectivity index (χ2n) is 8.27. The highest BCUT2D eigenvalue weighted by Gasteiger charge is 2.35. The van der Waals surface area contributed by atoms with E-state index in [4.69, 9.17) is 0 Å². The summed E-state index contributed by atoms with van der Waals surface area (Å²) in [4.78, 5) is 35.0. The fraction of sp³-hybridized carbons (Fsp3) is 0.292. The number of anilines is 4. The monoisotopic (exact) mass is 580 g/mol. The summed E-state index contributed by atoms with van der Waals surface area (Å²) in [5, 5.41) is 10.6. The molecule has 40 heavy (non-hydrogen) atoms. The largest absolute Gasteiger partial charge is 0.421 e. The van der Waals surface area contributed by atoms with Crippen LogP contribution in [0.1, 0.15) is 35.3 Å². The smallest absolute Gasteiger partial charge is 0.365 e. The molecule has 5 N–H and O–H groups in total. The number of sulfonamides is 1. The van der Waals surface area contributed by atoms with E-state index < -0.39 is 33.5 Å². The predicted molar refractivity (Wildman–Crippen MR) is 142 cm³/mol. The Morgan fingerprint density at radius 3 is 2.45 bits per heavy atom. The number of rotatable bonds is 12. The van der Waals surface area contributed by atoms with E-state index in [1.54, 1.807) is 12.1 Å². The number of pyridine rings is 1. The molecule has 1 aromatic carbocycles. The second-order valence-corrected chi connectivity index (χ2v) is 10.3. The second kappa shape index (κ2) is 13.1. The Kier molecular flexibility index (Phi) is 9.82. The fourth-order valence-electron chi connectivity index (χ4n) is 3.24. The molecule has 12 nitrogen and oxygen atoms in total. The molecule has 2 heterocycles. The molecule has 0 aliphatic heterocycles. The van der Waals surface area contributed by atoms with Crippen molar-refractivity contribution in [3.63, 3.8) is 0 Å². The van der Waals surface area contributed by atoms with Crippen LogP contribution in [0.5, 0.6) is 0 Å². The number of nitrogens with one attached hydrogen (secondary N) is 5. The first-order valence-electron chi connectivity index (χ1n) is 11.9. The quantitative estimate of drug-likeness (QED) is 0.202. The van der Waals surface area contributed by atoms with Crippen molar-refractivity contribution in [2.75, 3.05) is 34.2 Å². The Bertz CT molecular complexity index is 1470. The minimum absolute atomic E-state index is 0.0232. The summed E-state index contributed by atoms with van der Waals surface area (Å²) >= 11 is 0. The van der Waals surface area contributed by atoms with Crippen LogP contribution < -0.4 is 26.0 Å². The molecule has 0 atom stereocenters. The van der Waals surface area contributed by atoms with Crippen LogP contribution in [0, 0.1) is 0 Å². The Labute approximate surface area is 228 Å². The van der Waals surface area contributed by atoms with E-state index in [1.165, 1.54) is 44.3 Å². The molecule has 0 unspecified atom stereocenters. The molecule has 214 valence electrons. The van der Waals surface area contributed by atoms with Crippen molar-refractivity contribution in [2.24, 2.45) is 0 Å². The number of carbonyl (C=O) groups is 2. The standard InChI is InChI=1S/C24H27F3N8O4S/c1-3-40(38,39)35-20-17(7-5-9-29-20)13-31-21-19(24(25,26)27)14-32-23(34-21)33-18-8-4-6-16(12-18)22(37)30-11-10-28-15(2)36/h4-9,12,14H,3,10-11,13H2,1-2H3,(H,28,36)(H,29,35)(H,30,37)(H2,31,32,33,34). The van der Waals surface area contributed by atoms with Crippen LogP contribution in [0.2, 0.25) is 0 Å². The highest BCUT2D eigenvalue weighted by molar-refractivity contribution is 7.92. The van der Waals surface area contributed by atoms with Crippen molar-refractivity contribution < 1.29 is 31.2 Å². The lowest BCUT2D eigenvalue weighted by Crippen LogP contribution is -2.33. The lowest BCUT2D eigenvalue weighted by molar-refractivity contribution is -0.137. The first-order chi connectivity index (χ1) is 18.9. The van der Waals surface area contributed by atoms with Crippen LogP contribution in [0.15, 0.2) is 48.8 Å². The van der Waals surface area contributed by atoms with Gasteiger partial charge in [-0.25, -0.2) is 18.4 Å². The third-order valence-corrected chi connectivity index (χ3v) is 6.49. The van der Waals surface area contributed by atoms with E-state index >= 15 is 0 Å². The molecule has 0 aliphatic carbocycles. The van der Waals surface area contributed by atoms with Crippen molar-refractivity contribution in [2.45, 2.75) is 26.6 Å². The molecule has 0 saturated heterocycles. The lowest BCUT2D eigenvalue weighted by atomic mass is 10.2. The third kappa shape index (κ3) is 8.79. The fourth-order valence-corrected chi connectivity index (χ4v) is 3.86. The van der Waals surface area contributed by atoms with Crippen LogP contribution >= 0.6 is 0 Å². The molecular formula is C24H27F3N8O4S. The van der Waals surface area contributed by atoms with E-state index in [-0.39, 0.29) is 54.2 Å². The maximum atomic E-state index is 13.7. The zero-order chi connectivity index (χ0) is 29.3. The van der Waals surface area contributed by atoms with Gasteiger partial charge in [0.05, 0.1) is 5.75 Å². The number of benzene rings is 1. The molecule has 0 saturated carbocycles. The van der Waals surface area contributed by atoms with E-state index in [1.807, 2.05) is 0 Å². The maximum Gasteiger partial charge on any atom is 0.421 e. The minimum Gasteiger partial charge on any atom is -0.365 e. The summed E-state index contributed by atoms with van der Waals surface area (Å²) in [7, 11) is -3.67. The number of halogens is 3. The van der Waals surface area contributed by atoms with Gasteiger partial charge in [-0.1, -0.05) is 12.1 Å². The molecule has 16 heteroatoms. The summed E-state index contributed by atoms with van der Waals surface area (Å²) in [5.74, 6) is -1.62. The summed E-state index contributed by atoms with van der Waals surface area (Å²) in [6.45, 7) is 3.01. The van der Waals surface area contributed by atoms with Gasteiger partial charge in [-0.3, -0.25) is 14.3 Å². The number of amides is 2. The zero-order valence-electron chi connectivity index (χ0n) is 21.5. The van der Waals surface area contributed by atoms with E-state index in [0.717, 1.165) is 0 Å². The molecule has 0 bridgehead atoms. The Morgan fingerprint density at radius 1 is 1.00 bits per heavy atom. The van der Waals surface area contributed by atoms with E-state index in [0.29, 0.717) is 11.9 Å². The van der Waals surface area contributed by atoms with Crippen molar-refractivity contribution in [1.82, 2.24) is 25.6 Å². The molecule has 3 aromatic rings. The molecule has 0 aliphatic rings. The molecule has 3 rings (SSSR count). The van der Waals surface area contributed by atoms with Crippen molar-refractivity contribution in [3.8, 4) is 0 Å². The normalized spacial score (nSPS) is 11.4. The van der Waals surface area contributed by atoms with Gasteiger partial charge in [0.25, 0.3) is 5.91 Å². The van der Waals surface area contributed by atoms with Crippen LogP contribution in [-0.2, 0) is 27.5 Å². The topological polar surface area (TPSA) is 167 Å². The number of alkyl halides is 3. The number of hydrogen-bond donors (Lipinski definition) is 5. The van der Waals surface area contributed by atoms with Gasteiger partial charge < -0.3 is 21.3 Å². The third-order valence-electron chi connectivity index (χ3n) is 5.23. The number of aromatic nitrogens is 3. The zero-order valence-corrected chi connectivity index (χ0v) is 22.3. The average Bonchev–Trinajstić information content (AvgIpc) is 2.90. The van der Waals surface area contributed by atoms with Gasteiger partial charge in [0.15, 0.2) is 0 Å². The summed E-state index contributed by atoms with van der Waals surface area (Å²) < 4.78 is 67.3. The SMILES string of the molecule is CCS(=O)(=O)Nc1ncccc1CNc1nc(Nc2cccc(C(=O)NCCNC(C)=O)c2)ncc1C(F)(F)F. The van der Waals surface area contributed by atoms with Crippen molar-refractivity contribution in [1.29, 1.82) is 0 Å². The molecule has 2 amide bonds. The maximum absolute atomic E-state index is 13.7. The van der Waals surface area contributed by atoms with E-state index in [9.17, 15) is 31.2 Å². The lowest BCUT2D eigenvalue weighted by Gasteiger charge is -2.16. The Morgan fingerprint density at radius 2 is 1.75 bits per heavy atom. The number of hydrogen-bond acceptors (Lipinski definition) is 9. The first kappa shape index (κ1) is 30.1. The molecule has 2 aromatic heterocycles. The highest BCUT2D eigenvalue weighted by atomic mass is 32.2. The van der Waals surface area contributed by atoms with Gasteiger partial charge in [0.2, 0.25) is 21.9 Å².